The van der Waals surface area contributed by atoms with Crippen LogP contribution in [0, 0.1) is 0 Å². The van der Waals surface area contributed by atoms with Crippen LogP contribution in [0.25, 0.3) is 10.9 Å². The van der Waals surface area contributed by atoms with Gasteiger partial charge in [0.15, 0.2) is 5.96 Å². The van der Waals surface area contributed by atoms with Gasteiger partial charge in [0.2, 0.25) is 0 Å². The predicted octanol–water partition coefficient (Wildman–Crippen LogP) is 1.77. The third-order valence-electron chi connectivity index (χ3n) is 5.00. The molecule has 1 aromatic carbocycles. The summed E-state index contributed by atoms with van der Waals surface area (Å²) in [6.45, 7) is 8.71. The molecule has 1 aliphatic heterocycles. The summed E-state index contributed by atoms with van der Waals surface area (Å²) < 4.78 is 5.38. The minimum Gasteiger partial charge on any atom is -0.379 e. The van der Waals surface area contributed by atoms with E-state index in [1.54, 1.807) is 0 Å². The highest BCUT2D eigenvalue weighted by atomic mass is 16.5. The van der Waals surface area contributed by atoms with Crippen LogP contribution in [-0.4, -0.2) is 68.8 Å². The van der Waals surface area contributed by atoms with Crippen molar-refractivity contribution in [2.75, 3.05) is 53.0 Å². The zero-order chi connectivity index (χ0) is 18.2. The Balaban J connectivity index is 1.44. The highest BCUT2D eigenvalue weighted by molar-refractivity contribution is 5.86. The number of nitrogens with one attached hydrogen (secondary N) is 3. The van der Waals surface area contributed by atoms with Crippen molar-refractivity contribution < 1.29 is 4.74 Å². The fraction of sp³-hybridized carbons (Fsp3) is 0.550. The van der Waals surface area contributed by atoms with E-state index in [9.17, 15) is 0 Å². The molecule has 6 nitrogen and oxygen atoms in total. The summed E-state index contributed by atoms with van der Waals surface area (Å²) in [5.74, 6) is 0.868. The van der Waals surface area contributed by atoms with Crippen LogP contribution in [0.2, 0.25) is 0 Å². The van der Waals surface area contributed by atoms with Gasteiger partial charge < -0.3 is 20.4 Å². The van der Waals surface area contributed by atoms with Gasteiger partial charge in [0.1, 0.15) is 0 Å². The maximum absolute atomic E-state index is 5.38. The number of hydrogen-bond donors (Lipinski definition) is 3. The van der Waals surface area contributed by atoms with Crippen molar-refractivity contribution in [3.8, 4) is 0 Å². The zero-order valence-corrected chi connectivity index (χ0v) is 16.0. The molecule has 26 heavy (non-hydrogen) atoms. The lowest BCUT2D eigenvalue weighted by molar-refractivity contribution is 0.0389. The van der Waals surface area contributed by atoms with Gasteiger partial charge in [-0.1, -0.05) is 25.1 Å². The third-order valence-corrected chi connectivity index (χ3v) is 5.00. The number of fused-ring (bicyclic) bond motifs is 1. The SMILES string of the molecule is CCc1cccc2c(CCNC(=NC)NCCN3CCOCC3)c[nH]c12. The predicted molar refractivity (Wildman–Crippen MR) is 108 cm³/mol. The van der Waals surface area contributed by atoms with E-state index in [2.05, 4.69) is 56.8 Å². The van der Waals surface area contributed by atoms with Gasteiger partial charge >= 0.3 is 0 Å². The first kappa shape index (κ1) is 18.7. The smallest absolute Gasteiger partial charge is 0.191 e. The Morgan fingerprint density at radius 3 is 2.77 bits per heavy atom. The lowest BCUT2D eigenvalue weighted by atomic mass is 10.1. The molecule has 6 heteroatoms. The summed E-state index contributed by atoms with van der Waals surface area (Å²) in [7, 11) is 1.82. The maximum Gasteiger partial charge on any atom is 0.191 e. The molecule has 0 radical (unpaired) electrons. The van der Waals surface area contributed by atoms with Crippen molar-refractivity contribution in [1.29, 1.82) is 0 Å². The molecule has 0 bridgehead atoms. The van der Waals surface area contributed by atoms with E-state index >= 15 is 0 Å². The highest BCUT2D eigenvalue weighted by Crippen LogP contribution is 2.22. The molecule has 2 aromatic rings. The average Bonchev–Trinajstić information content (AvgIpc) is 3.11. The Morgan fingerprint density at radius 1 is 1.19 bits per heavy atom. The third kappa shape index (κ3) is 4.77. The van der Waals surface area contributed by atoms with E-state index < -0.39 is 0 Å². The number of guanidine groups is 1. The summed E-state index contributed by atoms with van der Waals surface area (Å²) in [6.07, 6.45) is 4.16. The quantitative estimate of drug-likeness (QED) is 0.522. The molecule has 0 unspecified atom stereocenters. The van der Waals surface area contributed by atoms with Crippen LogP contribution < -0.4 is 10.6 Å². The Bertz CT molecular complexity index is 718. The van der Waals surface area contributed by atoms with Crippen LogP contribution in [0.1, 0.15) is 18.1 Å². The van der Waals surface area contributed by atoms with Crippen LogP contribution >= 0.6 is 0 Å². The molecular weight excluding hydrogens is 326 g/mol. The van der Waals surface area contributed by atoms with Crippen molar-refractivity contribution in [3.63, 3.8) is 0 Å². The maximum atomic E-state index is 5.38. The Hall–Kier alpha value is -2.05. The number of para-hydroxylation sites is 1. The van der Waals surface area contributed by atoms with Crippen LogP contribution in [-0.2, 0) is 17.6 Å². The van der Waals surface area contributed by atoms with E-state index in [4.69, 9.17) is 4.74 Å². The van der Waals surface area contributed by atoms with Crippen molar-refractivity contribution >= 4 is 16.9 Å². The molecule has 142 valence electrons. The molecule has 1 saturated heterocycles. The number of morpholine rings is 1. The van der Waals surface area contributed by atoms with Crippen molar-refractivity contribution in [2.45, 2.75) is 19.8 Å². The lowest BCUT2D eigenvalue weighted by Gasteiger charge is -2.26. The summed E-state index contributed by atoms with van der Waals surface area (Å²) in [4.78, 5) is 10.2. The number of H-pyrrole nitrogens is 1. The van der Waals surface area contributed by atoms with Crippen LogP contribution in [0.3, 0.4) is 0 Å². The van der Waals surface area contributed by atoms with Gasteiger partial charge in [-0.05, 0) is 24.0 Å². The van der Waals surface area contributed by atoms with E-state index in [-0.39, 0.29) is 0 Å². The van der Waals surface area contributed by atoms with Gasteiger partial charge in [0.05, 0.1) is 13.2 Å². The monoisotopic (exact) mass is 357 g/mol. The Morgan fingerprint density at radius 2 is 2.00 bits per heavy atom. The van der Waals surface area contributed by atoms with Gasteiger partial charge in [0, 0.05) is 56.9 Å². The first-order valence-corrected chi connectivity index (χ1v) is 9.64. The molecular formula is C20H31N5O. The van der Waals surface area contributed by atoms with E-state index in [1.165, 1.54) is 22.0 Å². The summed E-state index contributed by atoms with van der Waals surface area (Å²) >= 11 is 0. The molecule has 1 fully saturated rings. The van der Waals surface area contributed by atoms with Gasteiger partial charge in [-0.25, -0.2) is 0 Å². The molecule has 3 rings (SSSR count). The molecule has 3 N–H and O–H groups in total. The number of benzene rings is 1. The topological polar surface area (TPSA) is 64.7 Å². The summed E-state index contributed by atoms with van der Waals surface area (Å²) in [5, 5.41) is 8.16. The number of aromatic amines is 1. The number of nitrogens with zero attached hydrogens (tertiary/aromatic N) is 2. The molecule has 0 amide bonds. The number of aromatic nitrogens is 1. The Kier molecular flexibility index (Phi) is 6.91. The first-order valence-electron chi connectivity index (χ1n) is 9.64. The molecule has 0 saturated carbocycles. The fourth-order valence-corrected chi connectivity index (χ4v) is 3.47. The fourth-order valence-electron chi connectivity index (χ4n) is 3.47. The average molecular weight is 358 g/mol. The first-order chi connectivity index (χ1) is 12.8. The summed E-state index contributed by atoms with van der Waals surface area (Å²) in [6, 6.07) is 6.55. The van der Waals surface area contributed by atoms with E-state index in [0.29, 0.717) is 0 Å². The number of aryl methyl sites for hydroxylation is 1. The highest BCUT2D eigenvalue weighted by Gasteiger charge is 2.10. The summed E-state index contributed by atoms with van der Waals surface area (Å²) in [5.41, 5.74) is 4.01. The second-order valence-corrected chi connectivity index (χ2v) is 6.64. The number of rotatable bonds is 7. The molecule has 1 aromatic heterocycles. The van der Waals surface area contributed by atoms with E-state index in [0.717, 1.165) is 64.7 Å². The van der Waals surface area contributed by atoms with Gasteiger partial charge in [0.25, 0.3) is 0 Å². The normalized spacial score (nSPS) is 16.2. The molecule has 0 atom stereocenters. The second kappa shape index (κ2) is 9.59. The second-order valence-electron chi connectivity index (χ2n) is 6.64. The number of aliphatic imine (C=N–C) groups is 1. The van der Waals surface area contributed by atoms with Crippen LogP contribution in [0.5, 0.6) is 0 Å². The standard InChI is InChI=1S/C20H31N5O/c1-3-16-5-4-6-18-17(15-24-19(16)18)7-8-22-20(21-2)23-9-10-25-11-13-26-14-12-25/h4-6,15,24H,3,7-14H2,1-2H3,(H2,21,22,23). The number of hydrogen-bond acceptors (Lipinski definition) is 3. The van der Waals surface area contributed by atoms with Crippen LogP contribution in [0.15, 0.2) is 29.4 Å². The number of ether oxygens (including phenoxy) is 1. The molecule has 1 aliphatic rings. The van der Waals surface area contributed by atoms with Gasteiger partial charge in [-0.15, -0.1) is 0 Å². The minimum absolute atomic E-state index is 0.845. The Labute approximate surface area is 156 Å². The van der Waals surface area contributed by atoms with Crippen molar-refractivity contribution in [1.82, 2.24) is 20.5 Å². The van der Waals surface area contributed by atoms with Crippen LogP contribution in [0.4, 0.5) is 0 Å². The minimum atomic E-state index is 0.845. The van der Waals surface area contributed by atoms with Crippen molar-refractivity contribution in [3.05, 3.63) is 35.5 Å². The molecule has 0 aliphatic carbocycles. The largest absolute Gasteiger partial charge is 0.379 e. The molecule has 0 spiro atoms. The zero-order valence-electron chi connectivity index (χ0n) is 16.0. The van der Waals surface area contributed by atoms with Gasteiger partial charge in [-0.2, -0.15) is 0 Å². The van der Waals surface area contributed by atoms with Crippen molar-refractivity contribution in [2.24, 2.45) is 4.99 Å². The molecule has 2 heterocycles. The van der Waals surface area contributed by atoms with Gasteiger partial charge in [-0.3, -0.25) is 9.89 Å². The van der Waals surface area contributed by atoms with E-state index in [1.807, 2.05) is 7.05 Å². The lowest BCUT2D eigenvalue weighted by Crippen LogP contribution is -2.44.